The quantitative estimate of drug-likeness (QED) is 0.633. The van der Waals surface area contributed by atoms with Gasteiger partial charge in [0.2, 0.25) is 0 Å². The van der Waals surface area contributed by atoms with Crippen LogP contribution in [0, 0.1) is 5.92 Å². The Morgan fingerprint density at radius 2 is 2.08 bits per heavy atom. The maximum atomic E-state index is 10.8. The molecule has 0 aromatic carbocycles. The monoisotopic (exact) mass is 174 g/mol. The molecular weight excluding hydrogens is 160 g/mol. The molecule has 1 atom stereocenters. The van der Waals surface area contributed by atoms with Crippen molar-refractivity contribution < 1.29 is 19.4 Å². The molecule has 0 bridgehead atoms. The van der Waals surface area contributed by atoms with Crippen LogP contribution in [0.1, 0.15) is 26.7 Å². The van der Waals surface area contributed by atoms with Crippen LogP contribution in [0.4, 0.5) is 0 Å². The number of aliphatic carboxylic acids is 1. The van der Waals surface area contributed by atoms with Crippen LogP contribution in [-0.2, 0) is 14.3 Å². The lowest BCUT2D eigenvalue weighted by Gasteiger charge is -2.04. The first-order valence-corrected chi connectivity index (χ1v) is 3.96. The number of carboxylic acids is 1. The number of carbonyl (C=O) groups excluding carboxylic acids is 1. The molecule has 0 rings (SSSR count). The smallest absolute Gasteiger partial charge is 0.306 e. The van der Waals surface area contributed by atoms with Crippen molar-refractivity contribution >= 4 is 11.9 Å². The predicted octanol–water partition coefficient (Wildman–Crippen LogP) is 1.05. The summed E-state index contributed by atoms with van der Waals surface area (Å²) in [6.07, 6.45) is 0.523. The Morgan fingerprint density at radius 3 is 2.50 bits per heavy atom. The van der Waals surface area contributed by atoms with Gasteiger partial charge in [-0.1, -0.05) is 6.92 Å². The van der Waals surface area contributed by atoms with Gasteiger partial charge in [0.1, 0.15) is 0 Å². The van der Waals surface area contributed by atoms with Crippen LogP contribution in [0.2, 0.25) is 0 Å². The predicted molar refractivity (Wildman–Crippen MR) is 42.7 cm³/mol. The molecule has 0 spiro atoms. The van der Waals surface area contributed by atoms with Gasteiger partial charge in [-0.05, 0) is 13.3 Å². The second kappa shape index (κ2) is 5.57. The number of carbonyl (C=O) groups is 2. The molecule has 0 aliphatic carbocycles. The molecule has 1 N–H and O–H groups in total. The fraction of sp³-hybridized carbons (Fsp3) is 0.750. The molecular formula is C8H14O4. The van der Waals surface area contributed by atoms with Gasteiger partial charge in [0.15, 0.2) is 0 Å². The van der Waals surface area contributed by atoms with Crippen molar-refractivity contribution in [1.82, 2.24) is 0 Å². The zero-order chi connectivity index (χ0) is 9.56. The topological polar surface area (TPSA) is 63.6 Å². The fourth-order valence-corrected chi connectivity index (χ4v) is 0.691. The van der Waals surface area contributed by atoms with Gasteiger partial charge in [-0.2, -0.15) is 0 Å². The van der Waals surface area contributed by atoms with Crippen LogP contribution in [-0.4, -0.2) is 23.7 Å². The SMILES string of the molecule is CCOC(=O)CC[C@@H](C)C(=O)O. The summed E-state index contributed by atoms with van der Waals surface area (Å²) in [6, 6.07) is 0. The van der Waals surface area contributed by atoms with Crippen molar-refractivity contribution in [2.45, 2.75) is 26.7 Å². The standard InChI is InChI=1S/C8H14O4/c1-3-12-7(9)5-4-6(2)8(10)11/h6H,3-5H2,1-2H3,(H,10,11)/t6-/m1/s1. The van der Waals surface area contributed by atoms with Crippen LogP contribution >= 0.6 is 0 Å². The highest BCUT2D eigenvalue weighted by Gasteiger charge is 2.12. The largest absolute Gasteiger partial charge is 0.481 e. The molecule has 0 heterocycles. The highest BCUT2D eigenvalue weighted by molar-refractivity contribution is 5.72. The molecule has 0 aromatic rings. The molecule has 0 fully saturated rings. The minimum absolute atomic E-state index is 0.182. The molecule has 0 saturated heterocycles. The van der Waals surface area contributed by atoms with Gasteiger partial charge >= 0.3 is 11.9 Å². The number of ether oxygens (including phenoxy) is 1. The van der Waals surface area contributed by atoms with E-state index in [1.54, 1.807) is 13.8 Å². The van der Waals surface area contributed by atoms with E-state index in [9.17, 15) is 9.59 Å². The van der Waals surface area contributed by atoms with Gasteiger partial charge in [-0.3, -0.25) is 9.59 Å². The summed E-state index contributed by atoms with van der Waals surface area (Å²) in [4.78, 5) is 21.1. The van der Waals surface area contributed by atoms with Crippen molar-refractivity contribution in [2.24, 2.45) is 5.92 Å². The first-order chi connectivity index (χ1) is 5.57. The van der Waals surface area contributed by atoms with Gasteiger partial charge < -0.3 is 9.84 Å². The number of hydrogen-bond acceptors (Lipinski definition) is 3. The van der Waals surface area contributed by atoms with E-state index >= 15 is 0 Å². The van der Waals surface area contributed by atoms with Gasteiger partial charge in [0, 0.05) is 6.42 Å². The molecule has 0 saturated carbocycles. The lowest BCUT2D eigenvalue weighted by atomic mass is 10.1. The molecule has 0 aliphatic rings. The number of rotatable bonds is 5. The van der Waals surface area contributed by atoms with Crippen LogP contribution < -0.4 is 0 Å². The summed E-state index contributed by atoms with van der Waals surface area (Å²) in [5.41, 5.74) is 0. The van der Waals surface area contributed by atoms with Crippen LogP contribution in [0.15, 0.2) is 0 Å². The van der Waals surface area contributed by atoms with E-state index in [2.05, 4.69) is 4.74 Å². The van der Waals surface area contributed by atoms with E-state index in [1.165, 1.54) is 0 Å². The van der Waals surface area contributed by atoms with E-state index in [1.807, 2.05) is 0 Å². The van der Waals surface area contributed by atoms with Gasteiger partial charge in [-0.15, -0.1) is 0 Å². The number of carboxylic acid groups (broad SMARTS) is 1. The molecule has 70 valence electrons. The van der Waals surface area contributed by atoms with Crippen molar-refractivity contribution in [3.05, 3.63) is 0 Å². The molecule has 4 nitrogen and oxygen atoms in total. The second-order valence-corrected chi connectivity index (χ2v) is 2.58. The van der Waals surface area contributed by atoms with Crippen molar-refractivity contribution in [3.63, 3.8) is 0 Å². The van der Waals surface area contributed by atoms with E-state index < -0.39 is 11.9 Å². The molecule has 0 radical (unpaired) electrons. The van der Waals surface area contributed by atoms with Crippen molar-refractivity contribution in [1.29, 1.82) is 0 Å². The third-order valence-electron chi connectivity index (χ3n) is 1.51. The first kappa shape index (κ1) is 10.9. The summed E-state index contributed by atoms with van der Waals surface area (Å²) in [6.45, 7) is 3.64. The van der Waals surface area contributed by atoms with E-state index in [4.69, 9.17) is 5.11 Å². The van der Waals surface area contributed by atoms with Crippen LogP contribution in [0.25, 0.3) is 0 Å². The first-order valence-electron chi connectivity index (χ1n) is 3.96. The fourth-order valence-electron chi connectivity index (χ4n) is 0.691. The maximum Gasteiger partial charge on any atom is 0.306 e. The average Bonchev–Trinajstić information content (AvgIpc) is 2.00. The van der Waals surface area contributed by atoms with Crippen LogP contribution in [0.3, 0.4) is 0 Å². The van der Waals surface area contributed by atoms with Gasteiger partial charge in [0.05, 0.1) is 12.5 Å². The minimum atomic E-state index is -0.876. The summed E-state index contributed by atoms with van der Waals surface area (Å²) >= 11 is 0. The molecule has 4 heteroatoms. The number of esters is 1. The molecule has 0 aliphatic heterocycles. The normalized spacial score (nSPS) is 12.2. The van der Waals surface area contributed by atoms with Crippen LogP contribution in [0.5, 0.6) is 0 Å². The second-order valence-electron chi connectivity index (χ2n) is 2.58. The Hall–Kier alpha value is -1.06. The Labute approximate surface area is 71.5 Å². The Morgan fingerprint density at radius 1 is 1.50 bits per heavy atom. The third-order valence-corrected chi connectivity index (χ3v) is 1.51. The molecule has 0 amide bonds. The minimum Gasteiger partial charge on any atom is -0.481 e. The van der Waals surface area contributed by atoms with E-state index in [-0.39, 0.29) is 12.4 Å². The molecule has 12 heavy (non-hydrogen) atoms. The zero-order valence-electron chi connectivity index (χ0n) is 7.37. The van der Waals surface area contributed by atoms with Gasteiger partial charge in [-0.25, -0.2) is 0 Å². The zero-order valence-corrected chi connectivity index (χ0v) is 7.37. The summed E-state index contributed by atoms with van der Waals surface area (Å²) < 4.78 is 4.64. The van der Waals surface area contributed by atoms with Gasteiger partial charge in [0.25, 0.3) is 0 Å². The van der Waals surface area contributed by atoms with E-state index in [0.29, 0.717) is 13.0 Å². The Kier molecular flexibility index (Phi) is 5.08. The summed E-state index contributed by atoms with van der Waals surface area (Å²) in [7, 11) is 0. The lowest BCUT2D eigenvalue weighted by Crippen LogP contribution is -2.12. The lowest BCUT2D eigenvalue weighted by molar-refractivity contribution is -0.144. The molecule has 0 unspecified atom stereocenters. The third kappa shape index (κ3) is 4.71. The maximum absolute atomic E-state index is 10.8. The summed E-state index contributed by atoms with van der Waals surface area (Å²) in [5.74, 6) is -1.68. The Bertz CT molecular complexity index is 164. The van der Waals surface area contributed by atoms with Crippen molar-refractivity contribution in [3.8, 4) is 0 Å². The average molecular weight is 174 g/mol. The highest BCUT2D eigenvalue weighted by Crippen LogP contribution is 2.05. The summed E-state index contributed by atoms with van der Waals surface area (Å²) in [5, 5.41) is 8.47. The Balaban J connectivity index is 3.54. The highest BCUT2D eigenvalue weighted by atomic mass is 16.5. The van der Waals surface area contributed by atoms with Crippen molar-refractivity contribution in [2.75, 3.05) is 6.61 Å². The van der Waals surface area contributed by atoms with E-state index in [0.717, 1.165) is 0 Å². The molecule has 0 aromatic heterocycles. The number of hydrogen-bond donors (Lipinski definition) is 1.